The Morgan fingerprint density at radius 2 is 2.22 bits per heavy atom. The highest BCUT2D eigenvalue weighted by atomic mass is 35.5. The zero-order chi connectivity index (χ0) is 12.3. The number of halogens is 2. The number of aliphatic hydroxyl groups excluding tert-OH is 1. The number of rotatable bonds is 6. The molecule has 1 atom stereocenters. The molecule has 1 unspecified atom stereocenters. The molecule has 2 rings (SSSR count). The fraction of sp³-hybridized carbons (Fsp3) is 0.538. The minimum absolute atomic E-state index is 0. The summed E-state index contributed by atoms with van der Waals surface area (Å²) in [5, 5.41) is 13.5. The summed E-state index contributed by atoms with van der Waals surface area (Å²) in [5.74, 6) is 0.628. The summed E-state index contributed by atoms with van der Waals surface area (Å²) in [5.41, 5.74) is 1.10. The number of nitrogens with one attached hydrogen (secondary N) is 1. The van der Waals surface area contributed by atoms with Gasteiger partial charge in [-0.05, 0) is 37.5 Å². The van der Waals surface area contributed by atoms with E-state index in [0.29, 0.717) is 23.4 Å². The van der Waals surface area contributed by atoms with Gasteiger partial charge in [-0.3, -0.25) is 0 Å². The normalized spacial score (nSPS) is 15.9. The minimum Gasteiger partial charge on any atom is -0.489 e. The van der Waals surface area contributed by atoms with Gasteiger partial charge in [-0.2, -0.15) is 0 Å². The summed E-state index contributed by atoms with van der Waals surface area (Å²) in [6.45, 7) is 2.82. The molecule has 1 aliphatic carbocycles. The first-order chi connectivity index (χ1) is 8.15. The molecule has 3 nitrogen and oxygen atoms in total. The number of hydrogen-bond donors (Lipinski definition) is 2. The molecular weight excluding hydrogens is 273 g/mol. The summed E-state index contributed by atoms with van der Waals surface area (Å²) in [7, 11) is 0. The molecule has 1 aromatic carbocycles. The van der Waals surface area contributed by atoms with Crippen molar-refractivity contribution < 1.29 is 9.84 Å². The van der Waals surface area contributed by atoms with Gasteiger partial charge < -0.3 is 15.2 Å². The van der Waals surface area contributed by atoms with Gasteiger partial charge in [0.25, 0.3) is 0 Å². The Morgan fingerprint density at radius 3 is 2.83 bits per heavy atom. The van der Waals surface area contributed by atoms with Crippen LogP contribution >= 0.6 is 24.0 Å². The Bertz CT molecular complexity index is 383. The zero-order valence-electron chi connectivity index (χ0n) is 10.4. The van der Waals surface area contributed by atoms with E-state index in [-0.39, 0.29) is 19.0 Å². The average Bonchev–Trinajstić information content (AvgIpc) is 3.09. The molecule has 1 aromatic rings. The maximum Gasteiger partial charge on any atom is 0.138 e. The lowest BCUT2D eigenvalue weighted by atomic mass is 10.2. The van der Waals surface area contributed by atoms with Crippen molar-refractivity contribution in [3.63, 3.8) is 0 Å². The zero-order valence-corrected chi connectivity index (χ0v) is 11.9. The monoisotopic (exact) mass is 291 g/mol. The van der Waals surface area contributed by atoms with Gasteiger partial charge in [0.15, 0.2) is 0 Å². The van der Waals surface area contributed by atoms with Crippen LogP contribution in [0.25, 0.3) is 0 Å². The van der Waals surface area contributed by atoms with Gasteiger partial charge in [-0.1, -0.05) is 17.7 Å². The number of benzene rings is 1. The van der Waals surface area contributed by atoms with E-state index in [9.17, 15) is 5.11 Å². The van der Waals surface area contributed by atoms with Gasteiger partial charge in [0.2, 0.25) is 0 Å². The molecule has 1 saturated carbocycles. The van der Waals surface area contributed by atoms with Gasteiger partial charge >= 0.3 is 0 Å². The second-order valence-corrected chi connectivity index (χ2v) is 4.99. The van der Waals surface area contributed by atoms with Gasteiger partial charge in [0.1, 0.15) is 18.5 Å². The highest BCUT2D eigenvalue weighted by Gasteiger charge is 2.21. The second-order valence-electron chi connectivity index (χ2n) is 4.58. The first-order valence-corrected chi connectivity index (χ1v) is 6.33. The van der Waals surface area contributed by atoms with Gasteiger partial charge in [-0.25, -0.2) is 0 Å². The van der Waals surface area contributed by atoms with Crippen molar-refractivity contribution in [3.05, 3.63) is 28.8 Å². The van der Waals surface area contributed by atoms with Crippen molar-refractivity contribution >= 4 is 24.0 Å². The van der Waals surface area contributed by atoms with E-state index < -0.39 is 6.10 Å². The third-order valence-electron chi connectivity index (χ3n) is 2.74. The minimum atomic E-state index is -0.493. The molecule has 0 bridgehead atoms. The fourth-order valence-corrected chi connectivity index (χ4v) is 1.85. The Hall–Kier alpha value is -0.480. The molecule has 1 aliphatic rings. The molecule has 2 N–H and O–H groups in total. The van der Waals surface area contributed by atoms with Crippen LogP contribution in [0.1, 0.15) is 18.4 Å². The van der Waals surface area contributed by atoms with Crippen LogP contribution in [0.2, 0.25) is 5.02 Å². The summed E-state index contributed by atoms with van der Waals surface area (Å²) in [6.07, 6.45) is 1.95. The smallest absolute Gasteiger partial charge is 0.138 e. The Morgan fingerprint density at radius 1 is 1.50 bits per heavy atom. The van der Waals surface area contributed by atoms with Crippen molar-refractivity contribution in [2.45, 2.75) is 31.9 Å². The predicted molar refractivity (Wildman–Crippen MR) is 76.0 cm³/mol. The molecule has 0 heterocycles. The Balaban J connectivity index is 0.00000162. The van der Waals surface area contributed by atoms with E-state index in [1.807, 2.05) is 25.1 Å². The number of aliphatic hydroxyl groups is 1. The molecule has 18 heavy (non-hydrogen) atoms. The van der Waals surface area contributed by atoms with Crippen molar-refractivity contribution in [3.8, 4) is 5.75 Å². The van der Waals surface area contributed by atoms with E-state index in [1.54, 1.807) is 0 Å². The van der Waals surface area contributed by atoms with Crippen molar-refractivity contribution in [2.75, 3.05) is 13.2 Å². The molecular formula is C13H19Cl2NO2. The van der Waals surface area contributed by atoms with E-state index in [1.165, 1.54) is 12.8 Å². The molecule has 5 heteroatoms. The first kappa shape index (κ1) is 15.6. The second kappa shape index (κ2) is 7.19. The molecule has 102 valence electrons. The molecule has 1 fully saturated rings. The Kier molecular flexibility index (Phi) is 6.22. The highest BCUT2D eigenvalue weighted by Crippen LogP contribution is 2.25. The van der Waals surface area contributed by atoms with E-state index in [4.69, 9.17) is 16.3 Å². The average molecular weight is 292 g/mol. The summed E-state index contributed by atoms with van der Waals surface area (Å²) in [4.78, 5) is 0. The summed E-state index contributed by atoms with van der Waals surface area (Å²) in [6, 6.07) is 6.23. The number of hydrogen-bond acceptors (Lipinski definition) is 3. The lowest BCUT2D eigenvalue weighted by molar-refractivity contribution is 0.106. The third-order valence-corrected chi connectivity index (χ3v) is 3.03. The van der Waals surface area contributed by atoms with Gasteiger partial charge in [-0.15, -0.1) is 12.4 Å². The molecule has 0 radical (unpaired) electrons. The summed E-state index contributed by atoms with van der Waals surface area (Å²) >= 11 is 6.03. The summed E-state index contributed by atoms with van der Waals surface area (Å²) < 4.78 is 5.48. The van der Waals surface area contributed by atoms with Crippen LogP contribution in [0.15, 0.2) is 18.2 Å². The van der Waals surface area contributed by atoms with Crippen molar-refractivity contribution in [1.82, 2.24) is 5.32 Å². The van der Waals surface area contributed by atoms with Crippen LogP contribution in [0.4, 0.5) is 0 Å². The quantitative estimate of drug-likeness (QED) is 0.846. The number of aryl methyl sites for hydroxylation is 1. The third kappa shape index (κ3) is 5.02. The molecule has 0 saturated heterocycles. The predicted octanol–water partition coefficient (Wildman–Crippen LogP) is 2.56. The van der Waals surface area contributed by atoms with Crippen LogP contribution in [0.3, 0.4) is 0 Å². The molecule has 0 aromatic heterocycles. The topological polar surface area (TPSA) is 41.5 Å². The van der Waals surface area contributed by atoms with Crippen LogP contribution in [-0.2, 0) is 0 Å². The molecule has 0 spiro atoms. The van der Waals surface area contributed by atoms with Gasteiger partial charge in [0, 0.05) is 12.6 Å². The highest BCUT2D eigenvalue weighted by molar-refractivity contribution is 6.32. The maximum absolute atomic E-state index is 9.70. The SMILES string of the molecule is Cc1ccc(OCC(O)CNC2CC2)c(Cl)c1.Cl. The molecule has 0 amide bonds. The van der Waals surface area contributed by atoms with Crippen LogP contribution in [0.5, 0.6) is 5.75 Å². The van der Waals surface area contributed by atoms with Crippen LogP contribution in [-0.4, -0.2) is 30.4 Å². The van der Waals surface area contributed by atoms with Crippen LogP contribution in [0, 0.1) is 6.92 Å². The van der Waals surface area contributed by atoms with Crippen molar-refractivity contribution in [1.29, 1.82) is 0 Å². The fourth-order valence-electron chi connectivity index (χ4n) is 1.56. The lowest BCUT2D eigenvalue weighted by Gasteiger charge is -2.14. The Labute approximate surface area is 119 Å². The van der Waals surface area contributed by atoms with E-state index >= 15 is 0 Å². The standard InChI is InChI=1S/C13H18ClNO2.ClH/c1-9-2-5-13(12(14)6-9)17-8-11(16)7-15-10-3-4-10;/h2,5-6,10-11,15-16H,3-4,7-8H2,1H3;1H. The van der Waals surface area contributed by atoms with Gasteiger partial charge in [0.05, 0.1) is 5.02 Å². The lowest BCUT2D eigenvalue weighted by Crippen LogP contribution is -2.32. The van der Waals surface area contributed by atoms with E-state index in [0.717, 1.165) is 5.56 Å². The first-order valence-electron chi connectivity index (χ1n) is 5.95. The van der Waals surface area contributed by atoms with E-state index in [2.05, 4.69) is 5.32 Å². The molecule has 0 aliphatic heterocycles. The largest absolute Gasteiger partial charge is 0.489 e. The maximum atomic E-state index is 9.70. The van der Waals surface area contributed by atoms with Crippen LogP contribution < -0.4 is 10.1 Å². The van der Waals surface area contributed by atoms with Crippen molar-refractivity contribution in [2.24, 2.45) is 0 Å². The number of ether oxygens (including phenoxy) is 1.